The first kappa shape index (κ1) is 25.2. The number of hydrogen-bond acceptors (Lipinski definition) is 6. The van der Waals surface area contributed by atoms with Gasteiger partial charge in [0, 0.05) is 19.8 Å². The van der Waals surface area contributed by atoms with E-state index in [-0.39, 0.29) is 11.5 Å². The summed E-state index contributed by atoms with van der Waals surface area (Å²) < 4.78 is 42.1. The minimum absolute atomic E-state index is 0.151. The molecule has 1 fully saturated rings. The van der Waals surface area contributed by atoms with Crippen molar-refractivity contribution in [2.75, 3.05) is 33.0 Å². The zero-order valence-corrected chi connectivity index (χ0v) is 19.9. The van der Waals surface area contributed by atoms with E-state index in [9.17, 15) is 27.2 Å². The Morgan fingerprint density at radius 1 is 1.18 bits per heavy atom. The van der Waals surface area contributed by atoms with Crippen LogP contribution in [0.15, 0.2) is 53.4 Å². The third-order valence-electron chi connectivity index (χ3n) is 5.56. The summed E-state index contributed by atoms with van der Waals surface area (Å²) in [6.45, 7) is 1.60. The summed E-state index contributed by atoms with van der Waals surface area (Å²) in [4.78, 5) is 40.3. The van der Waals surface area contributed by atoms with E-state index < -0.39 is 45.6 Å². The fourth-order valence-corrected chi connectivity index (χ4v) is 4.14. The van der Waals surface area contributed by atoms with E-state index in [0.717, 1.165) is 11.2 Å². The van der Waals surface area contributed by atoms with Crippen LogP contribution in [0.5, 0.6) is 5.75 Å². The van der Waals surface area contributed by atoms with Gasteiger partial charge in [-0.15, -0.1) is 0 Å². The minimum Gasteiger partial charge on any atom is -0.493 e. The third kappa shape index (κ3) is 5.53. The van der Waals surface area contributed by atoms with Crippen LogP contribution in [0, 0.1) is 5.82 Å². The molecule has 0 spiro atoms. The van der Waals surface area contributed by atoms with Gasteiger partial charge in [0.1, 0.15) is 23.7 Å². The van der Waals surface area contributed by atoms with Crippen LogP contribution in [-0.2, 0) is 25.0 Å². The summed E-state index contributed by atoms with van der Waals surface area (Å²) in [5.74, 6) is -1.10. The molecule has 182 valence electrons. The van der Waals surface area contributed by atoms with Crippen LogP contribution >= 0.6 is 0 Å². The van der Waals surface area contributed by atoms with Gasteiger partial charge < -0.3 is 15.0 Å². The number of nitrogens with one attached hydrogen (secondary N) is 1. The van der Waals surface area contributed by atoms with Gasteiger partial charge in [0.2, 0.25) is 5.91 Å². The number of rotatable bonds is 9. The maximum Gasteiger partial charge on any atom is 0.325 e. The first-order valence-electron chi connectivity index (χ1n) is 10.5. The van der Waals surface area contributed by atoms with Gasteiger partial charge in [-0.1, -0.05) is 18.2 Å². The highest BCUT2D eigenvalue weighted by molar-refractivity contribution is 7.90. The molecular weight excluding hydrogens is 465 g/mol. The lowest BCUT2D eigenvalue weighted by Gasteiger charge is -2.23. The van der Waals surface area contributed by atoms with E-state index in [2.05, 4.69) is 5.32 Å². The Morgan fingerprint density at radius 2 is 1.85 bits per heavy atom. The number of imide groups is 1. The van der Waals surface area contributed by atoms with Crippen molar-refractivity contribution in [1.82, 2.24) is 15.1 Å². The molecule has 2 aromatic rings. The lowest BCUT2D eigenvalue weighted by Crippen LogP contribution is -2.44. The number of sulfone groups is 1. The number of likely N-dealkylation sites (N-methyl/N-ethyl adjacent to an activating group) is 1. The molecule has 1 heterocycles. The van der Waals surface area contributed by atoms with Gasteiger partial charge >= 0.3 is 6.03 Å². The topological polar surface area (TPSA) is 113 Å². The van der Waals surface area contributed by atoms with Crippen molar-refractivity contribution in [2.24, 2.45) is 0 Å². The standard InChI is InChI=1S/C23H26FN3O6S/c1-23(16-8-10-17(24)11-9-16)21(29)27(22(30)25-23)15-20(28)26(2)12-5-13-33-18-6-4-7-19(14-18)34(3,31)32/h4,6-11,14H,5,12-13,15H2,1-3H3,(H,25,30). The highest BCUT2D eigenvalue weighted by Crippen LogP contribution is 2.29. The largest absolute Gasteiger partial charge is 0.493 e. The van der Waals surface area contributed by atoms with Crippen LogP contribution < -0.4 is 10.1 Å². The predicted molar refractivity (Wildman–Crippen MR) is 121 cm³/mol. The second kappa shape index (κ2) is 9.80. The molecule has 1 aliphatic rings. The third-order valence-corrected chi connectivity index (χ3v) is 6.67. The fraction of sp³-hybridized carbons (Fsp3) is 0.348. The highest BCUT2D eigenvalue weighted by Gasteiger charge is 2.49. The van der Waals surface area contributed by atoms with E-state index in [1.54, 1.807) is 19.2 Å². The van der Waals surface area contributed by atoms with E-state index >= 15 is 0 Å². The summed E-state index contributed by atoms with van der Waals surface area (Å²) in [6, 6.07) is 10.6. The number of carbonyl (C=O) groups is 3. The number of urea groups is 1. The lowest BCUT2D eigenvalue weighted by atomic mass is 9.92. The van der Waals surface area contributed by atoms with E-state index in [0.29, 0.717) is 24.3 Å². The molecular formula is C23H26FN3O6S. The fourth-order valence-electron chi connectivity index (χ4n) is 3.49. The maximum absolute atomic E-state index is 13.2. The van der Waals surface area contributed by atoms with Gasteiger partial charge in [-0.05, 0) is 49.2 Å². The van der Waals surface area contributed by atoms with Gasteiger partial charge in [-0.3, -0.25) is 14.5 Å². The average Bonchev–Trinajstić information content (AvgIpc) is 3.00. The molecule has 1 N–H and O–H groups in total. The number of ether oxygens (including phenoxy) is 1. The Kier molecular flexibility index (Phi) is 7.25. The molecule has 1 saturated heterocycles. The number of benzene rings is 2. The molecule has 1 aliphatic heterocycles. The quantitative estimate of drug-likeness (QED) is 0.424. The van der Waals surface area contributed by atoms with Crippen molar-refractivity contribution >= 4 is 27.7 Å². The molecule has 11 heteroatoms. The van der Waals surface area contributed by atoms with Crippen LogP contribution in [0.25, 0.3) is 0 Å². The van der Waals surface area contributed by atoms with Crippen molar-refractivity contribution in [3.05, 3.63) is 59.9 Å². The lowest BCUT2D eigenvalue weighted by molar-refractivity contribution is -0.138. The number of hydrogen-bond donors (Lipinski definition) is 1. The molecule has 3 rings (SSSR count). The zero-order chi connectivity index (χ0) is 25.1. The van der Waals surface area contributed by atoms with Crippen molar-refractivity contribution < 1.29 is 31.9 Å². The molecule has 0 aliphatic carbocycles. The number of carbonyl (C=O) groups excluding carboxylic acids is 3. The zero-order valence-electron chi connectivity index (χ0n) is 19.1. The van der Waals surface area contributed by atoms with Crippen molar-refractivity contribution in [1.29, 1.82) is 0 Å². The summed E-state index contributed by atoms with van der Waals surface area (Å²) in [7, 11) is -1.80. The maximum atomic E-state index is 13.2. The Labute approximate surface area is 197 Å². The van der Waals surface area contributed by atoms with Gasteiger partial charge in [0.25, 0.3) is 5.91 Å². The first-order valence-corrected chi connectivity index (χ1v) is 12.4. The second-order valence-corrected chi connectivity index (χ2v) is 10.2. The molecule has 34 heavy (non-hydrogen) atoms. The summed E-state index contributed by atoms with van der Waals surface area (Å²) in [5.41, 5.74) is -0.981. The molecule has 0 aromatic heterocycles. The average molecular weight is 492 g/mol. The molecule has 0 radical (unpaired) electrons. The SMILES string of the molecule is CN(CCCOc1cccc(S(C)(=O)=O)c1)C(=O)CN1C(=O)NC(C)(c2ccc(F)cc2)C1=O. The normalized spacial score (nSPS) is 18.1. The first-order chi connectivity index (χ1) is 15.9. The monoisotopic (exact) mass is 491 g/mol. The Bertz CT molecular complexity index is 1200. The second-order valence-electron chi connectivity index (χ2n) is 8.22. The smallest absolute Gasteiger partial charge is 0.325 e. The van der Waals surface area contributed by atoms with Gasteiger partial charge in [0.15, 0.2) is 9.84 Å². The summed E-state index contributed by atoms with van der Waals surface area (Å²) in [6.07, 6.45) is 1.55. The van der Waals surface area contributed by atoms with Crippen molar-refractivity contribution in [3.8, 4) is 5.75 Å². The Morgan fingerprint density at radius 3 is 2.50 bits per heavy atom. The Balaban J connectivity index is 1.52. The Hall–Kier alpha value is -3.47. The molecule has 1 atom stereocenters. The van der Waals surface area contributed by atoms with Crippen LogP contribution in [-0.4, -0.2) is 69.1 Å². The van der Waals surface area contributed by atoms with Gasteiger partial charge in [-0.2, -0.15) is 0 Å². The number of nitrogens with zero attached hydrogens (tertiary/aromatic N) is 2. The highest BCUT2D eigenvalue weighted by atomic mass is 32.2. The molecule has 0 saturated carbocycles. The summed E-state index contributed by atoms with van der Waals surface area (Å²) >= 11 is 0. The van der Waals surface area contributed by atoms with Crippen molar-refractivity contribution in [3.63, 3.8) is 0 Å². The van der Waals surface area contributed by atoms with Crippen LogP contribution in [0.3, 0.4) is 0 Å². The summed E-state index contributed by atoms with van der Waals surface area (Å²) in [5, 5.41) is 2.58. The van der Waals surface area contributed by atoms with E-state index in [4.69, 9.17) is 4.74 Å². The predicted octanol–water partition coefficient (Wildman–Crippen LogP) is 1.92. The number of halogens is 1. The molecule has 9 nitrogen and oxygen atoms in total. The molecule has 4 amide bonds. The molecule has 1 unspecified atom stereocenters. The molecule has 0 bridgehead atoms. The van der Waals surface area contributed by atoms with Crippen LogP contribution in [0.2, 0.25) is 0 Å². The van der Waals surface area contributed by atoms with Crippen LogP contribution in [0.1, 0.15) is 18.9 Å². The van der Waals surface area contributed by atoms with Crippen LogP contribution in [0.4, 0.5) is 9.18 Å². The number of amides is 4. The van der Waals surface area contributed by atoms with Gasteiger partial charge in [0.05, 0.1) is 11.5 Å². The molecule has 2 aromatic carbocycles. The van der Waals surface area contributed by atoms with Gasteiger partial charge in [-0.25, -0.2) is 17.6 Å². The minimum atomic E-state index is -3.34. The van der Waals surface area contributed by atoms with Crippen molar-refractivity contribution in [2.45, 2.75) is 23.8 Å². The van der Waals surface area contributed by atoms with E-state index in [1.807, 2.05) is 0 Å². The van der Waals surface area contributed by atoms with E-state index in [1.165, 1.54) is 48.2 Å².